The van der Waals surface area contributed by atoms with Gasteiger partial charge in [0.05, 0.1) is 24.8 Å². The topological polar surface area (TPSA) is 97.6 Å². The molecule has 3 heterocycles. The van der Waals surface area contributed by atoms with E-state index in [1.807, 2.05) is 11.9 Å². The molecule has 9 nitrogen and oxygen atoms in total. The molecule has 2 aromatic heterocycles. The van der Waals surface area contributed by atoms with Gasteiger partial charge in [0.15, 0.2) is 11.2 Å². The van der Waals surface area contributed by atoms with Gasteiger partial charge in [-0.05, 0) is 6.42 Å². The lowest BCUT2D eigenvalue weighted by molar-refractivity contribution is 0.132. The number of hydrogen-bond acceptors (Lipinski definition) is 6. The summed E-state index contributed by atoms with van der Waals surface area (Å²) in [4.78, 5) is 34.8. The lowest BCUT2D eigenvalue weighted by Crippen LogP contribution is -2.38. The van der Waals surface area contributed by atoms with Crippen LogP contribution in [0.15, 0.2) is 20.9 Å². The SMILES string of the molecule is CN(CC(O)Cn1cnc2c1c(=O)n(C)c(=O)n2C)C1=NCCC1.Cl. The third-order valence-corrected chi connectivity index (χ3v) is 4.40. The van der Waals surface area contributed by atoms with Gasteiger partial charge in [0, 0.05) is 40.7 Å². The number of aromatic nitrogens is 4. The van der Waals surface area contributed by atoms with Crippen LogP contribution in [0.5, 0.6) is 0 Å². The Bertz CT molecular complexity index is 912. The Morgan fingerprint density at radius 3 is 2.68 bits per heavy atom. The molecular formula is C15H23ClN6O3. The molecule has 0 spiro atoms. The first kappa shape index (κ1) is 19.2. The number of fused-ring (bicyclic) bond motifs is 1. The van der Waals surface area contributed by atoms with E-state index in [9.17, 15) is 14.7 Å². The molecule has 1 unspecified atom stereocenters. The van der Waals surface area contributed by atoms with Crippen LogP contribution in [0.25, 0.3) is 11.2 Å². The first-order chi connectivity index (χ1) is 11.4. The molecule has 0 aromatic carbocycles. The molecule has 0 saturated heterocycles. The third-order valence-electron chi connectivity index (χ3n) is 4.40. The van der Waals surface area contributed by atoms with Gasteiger partial charge in [-0.25, -0.2) is 9.78 Å². The second kappa shape index (κ2) is 7.40. The third kappa shape index (κ3) is 3.47. The van der Waals surface area contributed by atoms with Crippen LogP contribution in [0.3, 0.4) is 0 Å². The number of imidazole rings is 1. The van der Waals surface area contributed by atoms with Gasteiger partial charge in [-0.15, -0.1) is 12.4 Å². The van der Waals surface area contributed by atoms with Crippen molar-refractivity contribution in [2.24, 2.45) is 19.1 Å². The summed E-state index contributed by atoms with van der Waals surface area (Å²) in [7, 11) is 4.91. The quantitative estimate of drug-likeness (QED) is 0.770. The van der Waals surface area contributed by atoms with Gasteiger partial charge in [-0.2, -0.15) is 0 Å². The molecular weight excluding hydrogens is 348 g/mol. The minimum absolute atomic E-state index is 0. The predicted molar refractivity (Wildman–Crippen MR) is 97.6 cm³/mol. The van der Waals surface area contributed by atoms with E-state index < -0.39 is 17.4 Å². The van der Waals surface area contributed by atoms with Gasteiger partial charge in [0.25, 0.3) is 5.56 Å². The maximum atomic E-state index is 12.4. The van der Waals surface area contributed by atoms with E-state index >= 15 is 0 Å². The van der Waals surface area contributed by atoms with Crippen molar-refractivity contribution in [3.63, 3.8) is 0 Å². The van der Waals surface area contributed by atoms with Crippen LogP contribution in [-0.2, 0) is 20.6 Å². The predicted octanol–water partition coefficient (Wildman–Crippen LogP) is -0.659. The standard InChI is InChI=1S/C15H22N6O3.ClH/c1-18(11-5-4-6-16-11)7-10(22)8-21-9-17-13-12(21)14(23)20(3)15(24)19(13)2;/h9-10,22H,4-8H2,1-3H3;1H. The number of aryl methyl sites for hydroxylation is 1. The molecule has 0 saturated carbocycles. The zero-order chi connectivity index (χ0) is 17.4. The van der Waals surface area contributed by atoms with Crippen molar-refractivity contribution in [1.29, 1.82) is 0 Å². The van der Waals surface area contributed by atoms with Gasteiger partial charge in [0.1, 0.15) is 0 Å². The number of aliphatic hydroxyl groups is 1. The summed E-state index contributed by atoms with van der Waals surface area (Å²) in [6, 6.07) is 0. The number of nitrogens with zero attached hydrogens (tertiary/aromatic N) is 6. The van der Waals surface area contributed by atoms with E-state index in [-0.39, 0.29) is 19.0 Å². The number of amidine groups is 1. The van der Waals surface area contributed by atoms with Crippen LogP contribution in [0, 0.1) is 0 Å². The maximum absolute atomic E-state index is 12.4. The molecule has 1 N–H and O–H groups in total. The molecule has 1 atom stereocenters. The highest BCUT2D eigenvalue weighted by molar-refractivity contribution is 5.85. The minimum Gasteiger partial charge on any atom is -0.389 e. The Labute approximate surface area is 150 Å². The first-order valence-corrected chi connectivity index (χ1v) is 7.93. The van der Waals surface area contributed by atoms with E-state index in [2.05, 4.69) is 9.98 Å². The van der Waals surface area contributed by atoms with E-state index in [0.717, 1.165) is 29.8 Å². The maximum Gasteiger partial charge on any atom is 0.332 e. The Morgan fingerprint density at radius 1 is 1.32 bits per heavy atom. The van der Waals surface area contributed by atoms with Crippen LogP contribution >= 0.6 is 12.4 Å². The van der Waals surface area contributed by atoms with Gasteiger partial charge in [-0.3, -0.25) is 18.9 Å². The van der Waals surface area contributed by atoms with Crippen LogP contribution in [0.1, 0.15) is 12.8 Å². The lowest BCUT2D eigenvalue weighted by Gasteiger charge is -2.22. The fourth-order valence-corrected chi connectivity index (χ4v) is 3.08. The van der Waals surface area contributed by atoms with Crippen LogP contribution in [0.2, 0.25) is 0 Å². The number of aliphatic imine (C=N–C) groups is 1. The molecule has 138 valence electrons. The van der Waals surface area contributed by atoms with Crippen molar-refractivity contribution in [1.82, 2.24) is 23.6 Å². The average molecular weight is 371 g/mol. The van der Waals surface area contributed by atoms with Crippen molar-refractivity contribution in [2.75, 3.05) is 20.1 Å². The molecule has 10 heteroatoms. The van der Waals surface area contributed by atoms with Crippen molar-refractivity contribution < 1.29 is 5.11 Å². The molecule has 25 heavy (non-hydrogen) atoms. The number of halogens is 1. The fraction of sp³-hybridized carbons (Fsp3) is 0.600. The molecule has 1 aliphatic rings. The first-order valence-electron chi connectivity index (χ1n) is 7.93. The van der Waals surface area contributed by atoms with Crippen molar-refractivity contribution in [3.8, 4) is 0 Å². The van der Waals surface area contributed by atoms with E-state index in [1.165, 1.54) is 17.9 Å². The molecule has 3 rings (SSSR count). The van der Waals surface area contributed by atoms with Gasteiger partial charge >= 0.3 is 5.69 Å². The Morgan fingerprint density at radius 2 is 2.04 bits per heavy atom. The Balaban J connectivity index is 0.00000225. The van der Waals surface area contributed by atoms with Crippen LogP contribution in [-0.4, -0.2) is 60.8 Å². The molecule has 0 aliphatic carbocycles. The van der Waals surface area contributed by atoms with Crippen LogP contribution < -0.4 is 11.2 Å². The highest BCUT2D eigenvalue weighted by Crippen LogP contribution is 2.10. The minimum atomic E-state index is -0.683. The molecule has 2 aromatic rings. The fourth-order valence-electron chi connectivity index (χ4n) is 3.08. The lowest BCUT2D eigenvalue weighted by atomic mass is 10.3. The van der Waals surface area contributed by atoms with Gasteiger partial charge < -0.3 is 14.6 Å². The number of aliphatic hydroxyl groups excluding tert-OH is 1. The van der Waals surface area contributed by atoms with Gasteiger partial charge in [-0.1, -0.05) is 0 Å². The van der Waals surface area contributed by atoms with Crippen LogP contribution in [0.4, 0.5) is 0 Å². The summed E-state index contributed by atoms with van der Waals surface area (Å²) in [5, 5.41) is 10.4. The molecule has 0 bridgehead atoms. The summed E-state index contributed by atoms with van der Waals surface area (Å²) in [6.07, 6.45) is 2.78. The number of hydrogen-bond donors (Lipinski definition) is 1. The van der Waals surface area contributed by atoms with E-state index in [4.69, 9.17) is 0 Å². The average Bonchev–Trinajstić information content (AvgIpc) is 3.20. The largest absolute Gasteiger partial charge is 0.389 e. The van der Waals surface area contributed by atoms with Crippen molar-refractivity contribution in [3.05, 3.63) is 27.2 Å². The molecule has 0 amide bonds. The summed E-state index contributed by atoms with van der Waals surface area (Å²) in [6.45, 7) is 1.48. The van der Waals surface area contributed by atoms with E-state index in [0.29, 0.717) is 17.7 Å². The normalized spacial score (nSPS) is 15.1. The second-order valence-electron chi connectivity index (χ2n) is 6.21. The zero-order valence-electron chi connectivity index (χ0n) is 14.5. The number of rotatable bonds is 4. The van der Waals surface area contributed by atoms with Gasteiger partial charge in [0.2, 0.25) is 0 Å². The highest BCUT2D eigenvalue weighted by Gasteiger charge is 2.18. The van der Waals surface area contributed by atoms with Crippen molar-refractivity contribution in [2.45, 2.75) is 25.5 Å². The molecule has 0 radical (unpaired) electrons. The Kier molecular flexibility index (Phi) is 5.69. The molecule has 1 aliphatic heterocycles. The Hall–Kier alpha value is -2.13. The monoisotopic (exact) mass is 370 g/mol. The van der Waals surface area contributed by atoms with E-state index in [1.54, 1.807) is 11.6 Å². The summed E-state index contributed by atoms with van der Waals surface area (Å²) in [5.41, 5.74) is -0.188. The second-order valence-corrected chi connectivity index (χ2v) is 6.21. The summed E-state index contributed by atoms with van der Waals surface area (Å²) < 4.78 is 3.98. The smallest absolute Gasteiger partial charge is 0.332 e. The summed E-state index contributed by atoms with van der Waals surface area (Å²) >= 11 is 0. The molecule has 0 fully saturated rings. The zero-order valence-corrected chi connectivity index (χ0v) is 15.4. The number of likely N-dealkylation sites (N-methyl/N-ethyl adjacent to an activating group) is 1. The highest BCUT2D eigenvalue weighted by atomic mass is 35.5. The summed E-state index contributed by atoms with van der Waals surface area (Å²) in [5.74, 6) is 1.00. The van der Waals surface area contributed by atoms with Crippen molar-refractivity contribution >= 4 is 29.4 Å².